The Morgan fingerprint density at radius 2 is 1.69 bits per heavy atom. The van der Waals surface area contributed by atoms with Crippen LogP contribution in [-0.4, -0.2) is 40.5 Å². The lowest BCUT2D eigenvalue weighted by atomic mass is 9.33. The van der Waals surface area contributed by atoms with Gasteiger partial charge in [0.1, 0.15) is 6.10 Å². The summed E-state index contributed by atoms with van der Waals surface area (Å²) in [7, 11) is 0. The van der Waals surface area contributed by atoms with Gasteiger partial charge < -0.3 is 15.2 Å². The summed E-state index contributed by atoms with van der Waals surface area (Å²) in [6.45, 7) is 23.1. The van der Waals surface area contributed by atoms with E-state index < -0.39 is 17.4 Å². The summed E-state index contributed by atoms with van der Waals surface area (Å²) in [6.07, 6.45) is 11.8. The fourth-order valence-electron chi connectivity index (χ4n) is 13.1. The van der Waals surface area contributed by atoms with Crippen LogP contribution >= 0.6 is 0 Å². The van der Waals surface area contributed by atoms with Gasteiger partial charge in [-0.2, -0.15) is 0 Å². The molecule has 1 aromatic rings. The first-order chi connectivity index (χ1) is 23.7. The van der Waals surface area contributed by atoms with Gasteiger partial charge in [0.2, 0.25) is 0 Å². The summed E-state index contributed by atoms with van der Waals surface area (Å²) in [5.74, 6) is 0.645. The Hall–Kier alpha value is -2.54. The van der Waals surface area contributed by atoms with Crippen LogP contribution in [0.1, 0.15) is 152 Å². The second kappa shape index (κ2) is 13.1. The summed E-state index contributed by atoms with van der Waals surface area (Å²) >= 11 is 0. The van der Waals surface area contributed by atoms with Crippen molar-refractivity contribution in [2.45, 2.75) is 152 Å². The Kier molecular flexibility index (Phi) is 9.80. The van der Waals surface area contributed by atoms with Crippen molar-refractivity contribution < 1.29 is 24.2 Å². The van der Waals surface area contributed by atoms with Gasteiger partial charge in [0.25, 0.3) is 0 Å². The number of carboxylic acids is 1. The van der Waals surface area contributed by atoms with E-state index in [1.165, 1.54) is 12.0 Å². The number of hydrogen-bond acceptors (Lipinski definition) is 6. The highest BCUT2D eigenvalue weighted by Crippen LogP contribution is 2.77. The highest BCUT2D eigenvalue weighted by molar-refractivity contribution is 6.00. The van der Waals surface area contributed by atoms with Gasteiger partial charge in [-0.25, -0.2) is 0 Å². The number of allylic oxidation sites excluding steroid dienone is 2. The van der Waals surface area contributed by atoms with Crippen LogP contribution in [0.2, 0.25) is 0 Å². The average Bonchev–Trinajstić information content (AvgIpc) is 3.35. The Labute approximate surface area is 307 Å². The molecule has 0 saturated heterocycles. The van der Waals surface area contributed by atoms with E-state index in [9.17, 15) is 19.5 Å². The first-order valence-electron chi connectivity index (χ1n) is 20.1. The first-order valence-corrected chi connectivity index (χ1v) is 20.1. The molecule has 282 valence electrons. The second-order valence-electron chi connectivity index (χ2n) is 19.9. The number of hydrogen-bond donors (Lipinski definition) is 2. The molecule has 6 rings (SSSR count). The molecule has 1 aromatic heterocycles. The molecule has 9 atom stereocenters. The number of carboxylic acid groups (broad SMARTS) is 1. The van der Waals surface area contributed by atoms with E-state index in [-0.39, 0.29) is 51.6 Å². The maximum absolute atomic E-state index is 14.0. The first kappa shape index (κ1) is 38.2. The predicted molar refractivity (Wildman–Crippen MR) is 201 cm³/mol. The molecule has 9 unspecified atom stereocenters. The molecule has 4 saturated carbocycles. The minimum absolute atomic E-state index is 0.0544. The molecule has 4 fully saturated rings. The minimum atomic E-state index is -1.15. The van der Waals surface area contributed by atoms with Crippen LogP contribution in [0.15, 0.2) is 35.5 Å². The Balaban J connectivity index is 1.25. The zero-order valence-electron chi connectivity index (χ0n) is 33.3. The second-order valence-corrected chi connectivity index (χ2v) is 19.9. The number of esters is 1. The van der Waals surface area contributed by atoms with Crippen LogP contribution in [0.3, 0.4) is 0 Å². The summed E-state index contributed by atoms with van der Waals surface area (Å²) in [6, 6.07) is 6.25. The van der Waals surface area contributed by atoms with Crippen LogP contribution in [0.4, 0.5) is 0 Å². The standard InChI is InChI=1S/C44H66N2O5/c1-27(2)36-31(47)25-44(22-24-45-28(3)30-13-11-12-23-46-30)21-20-42(9)29(37(36)44)14-15-33-41(8)18-17-34(51-35(48)26-39(4,5)38(49)50)40(6,7)32(41)16-19-43(33,42)10/h11-13,23,27-29,32-34,45H,14-22,24-26H2,1-10H3,(H,49,50). The van der Waals surface area contributed by atoms with Crippen molar-refractivity contribution in [1.29, 1.82) is 0 Å². The van der Waals surface area contributed by atoms with Crippen molar-refractivity contribution >= 4 is 17.7 Å². The number of Topliss-reactive ketones (excluding diaryl/α,β-unsaturated/α-hetero) is 1. The number of aromatic nitrogens is 1. The number of ether oxygens (including phenoxy) is 1. The van der Waals surface area contributed by atoms with Gasteiger partial charge in [-0.05, 0) is 143 Å². The number of carbonyl (C=O) groups is 3. The Morgan fingerprint density at radius 1 is 0.961 bits per heavy atom. The topological polar surface area (TPSA) is 106 Å². The van der Waals surface area contributed by atoms with Crippen molar-refractivity contribution in [3.63, 3.8) is 0 Å². The molecule has 0 bridgehead atoms. The van der Waals surface area contributed by atoms with E-state index in [1.54, 1.807) is 13.8 Å². The van der Waals surface area contributed by atoms with Crippen molar-refractivity contribution in [2.75, 3.05) is 6.54 Å². The van der Waals surface area contributed by atoms with Crippen LogP contribution in [-0.2, 0) is 19.1 Å². The number of carbonyl (C=O) groups excluding carboxylic acids is 2. The van der Waals surface area contributed by atoms with Crippen molar-refractivity contribution in [3.8, 4) is 0 Å². The van der Waals surface area contributed by atoms with E-state index in [4.69, 9.17) is 4.74 Å². The number of aliphatic carboxylic acids is 1. The molecule has 1 heterocycles. The molecule has 7 nitrogen and oxygen atoms in total. The van der Waals surface area contributed by atoms with Gasteiger partial charge in [-0.1, -0.05) is 60.1 Å². The predicted octanol–water partition coefficient (Wildman–Crippen LogP) is 9.52. The quantitative estimate of drug-likeness (QED) is 0.234. The van der Waals surface area contributed by atoms with Gasteiger partial charge in [0.15, 0.2) is 5.78 Å². The fourth-order valence-corrected chi connectivity index (χ4v) is 13.1. The molecule has 2 N–H and O–H groups in total. The maximum atomic E-state index is 14.0. The number of fused-ring (bicyclic) bond motifs is 7. The normalized spacial score (nSPS) is 38.0. The number of nitrogens with one attached hydrogen (secondary N) is 1. The fraction of sp³-hybridized carbons (Fsp3) is 0.773. The molecule has 0 radical (unpaired) electrons. The molecular weight excluding hydrogens is 636 g/mol. The summed E-state index contributed by atoms with van der Waals surface area (Å²) < 4.78 is 6.18. The minimum Gasteiger partial charge on any atom is -0.481 e. The van der Waals surface area contributed by atoms with E-state index in [0.717, 1.165) is 69.2 Å². The third-order valence-electron chi connectivity index (χ3n) is 16.1. The number of nitrogens with zero attached hydrogens (tertiary/aromatic N) is 1. The molecule has 0 spiro atoms. The molecule has 5 aliphatic carbocycles. The molecule has 51 heavy (non-hydrogen) atoms. The van der Waals surface area contributed by atoms with E-state index >= 15 is 0 Å². The van der Waals surface area contributed by atoms with Gasteiger partial charge >= 0.3 is 11.9 Å². The van der Waals surface area contributed by atoms with Gasteiger partial charge in [0, 0.05) is 29.5 Å². The zero-order valence-corrected chi connectivity index (χ0v) is 33.3. The molecule has 5 aliphatic rings. The number of pyridine rings is 1. The highest BCUT2D eigenvalue weighted by atomic mass is 16.5. The van der Waals surface area contributed by atoms with Crippen molar-refractivity contribution in [1.82, 2.24) is 10.3 Å². The van der Waals surface area contributed by atoms with Crippen LogP contribution in [0.25, 0.3) is 0 Å². The molecule has 0 aliphatic heterocycles. The third kappa shape index (κ3) is 6.04. The lowest BCUT2D eigenvalue weighted by Gasteiger charge is -2.72. The Morgan fingerprint density at radius 3 is 2.33 bits per heavy atom. The zero-order chi connectivity index (χ0) is 37.4. The van der Waals surface area contributed by atoms with E-state index in [1.807, 2.05) is 18.3 Å². The monoisotopic (exact) mass is 702 g/mol. The third-order valence-corrected chi connectivity index (χ3v) is 16.1. The van der Waals surface area contributed by atoms with E-state index in [2.05, 4.69) is 71.8 Å². The smallest absolute Gasteiger partial charge is 0.309 e. The highest BCUT2D eigenvalue weighted by Gasteiger charge is 2.70. The largest absolute Gasteiger partial charge is 0.481 e. The van der Waals surface area contributed by atoms with E-state index in [0.29, 0.717) is 30.0 Å². The summed E-state index contributed by atoms with van der Waals surface area (Å²) in [4.78, 5) is 43.4. The Bertz CT molecular complexity index is 1560. The van der Waals surface area contributed by atoms with Crippen LogP contribution < -0.4 is 5.32 Å². The molecular formula is C44H66N2O5. The molecule has 0 amide bonds. The summed E-state index contributed by atoms with van der Waals surface area (Å²) in [5.41, 5.74) is 2.71. The lowest BCUT2D eigenvalue weighted by Crippen LogP contribution is -2.65. The number of ketones is 1. The maximum Gasteiger partial charge on any atom is 0.309 e. The average molecular weight is 703 g/mol. The van der Waals surface area contributed by atoms with Crippen molar-refractivity contribution in [2.24, 2.45) is 56.2 Å². The molecule has 0 aromatic carbocycles. The summed E-state index contributed by atoms with van der Waals surface area (Å²) in [5, 5.41) is 13.4. The van der Waals surface area contributed by atoms with Gasteiger partial charge in [-0.3, -0.25) is 19.4 Å². The number of rotatable bonds is 10. The van der Waals surface area contributed by atoms with Gasteiger partial charge in [0.05, 0.1) is 17.5 Å². The van der Waals surface area contributed by atoms with Crippen LogP contribution in [0.5, 0.6) is 0 Å². The van der Waals surface area contributed by atoms with Gasteiger partial charge in [-0.15, -0.1) is 0 Å². The molecule has 7 heteroatoms. The lowest BCUT2D eigenvalue weighted by molar-refractivity contribution is -0.233. The van der Waals surface area contributed by atoms with Crippen LogP contribution in [0, 0.1) is 56.2 Å². The SMILES string of the molecule is CC(C)C1=C2C3CCC4C5(C)CCC(OC(=O)CC(C)(C)C(=O)O)C(C)(C)C5CCC4(C)C3(C)CCC2(CCNC(C)c2ccccn2)CC1=O. The van der Waals surface area contributed by atoms with Crippen molar-refractivity contribution in [3.05, 3.63) is 41.2 Å².